The van der Waals surface area contributed by atoms with Gasteiger partial charge in [0.1, 0.15) is 17.3 Å². The average molecular weight is 425 g/mol. The lowest BCUT2D eigenvalue weighted by Gasteiger charge is -2.42. The van der Waals surface area contributed by atoms with Gasteiger partial charge in [-0.15, -0.1) is 0 Å². The van der Waals surface area contributed by atoms with Gasteiger partial charge in [0.2, 0.25) is 0 Å². The zero-order valence-electron chi connectivity index (χ0n) is 17.9. The Balaban J connectivity index is 1.44. The molecule has 0 aliphatic carbocycles. The molecule has 1 saturated heterocycles. The fraction of sp³-hybridized carbons (Fsp3) is 0.400. The Hall–Kier alpha value is -2.70. The zero-order chi connectivity index (χ0) is 21.8. The molecule has 164 valence electrons. The number of piperidine rings is 1. The summed E-state index contributed by atoms with van der Waals surface area (Å²) >= 11 is 0. The van der Waals surface area contributed by atoms with Crippen molar-refractivity contribution in [3.05, 3.63) is 71.1 Å². The minimum atomic E-state index is -0.541. The van der Waals surface area contributed by atoms with E-state index in [9.17, 15) is 9.18 Å². The highest BCUT2D eigenvalue weighted by Crippen LogP contribution is 2.34. The number of nitrogens with zero attached hydrogens (tertiary/aromatic N) is 1. The molecular weight excluding hydrogens is 395 g/mol. The summed E-state index contributed by atoms with van der Waals surface area (Å²) in [5.74, 6) is 0.203. The third kappa shape index (κ3) is 4.97. The number of nitrogens with two attached hydrogens (primary N) is 1. The molecule has 0 radical (unpaired) electrons. The first-order valence-corrected chi connectivity index (χ1v) is 10.9. The number of amides is 1. The molecule has 1 fully saturated rings. The highest BCUT2D eigenvalue weighted by atomic mass is 19.1. The first-order valence-electron chi connectivity index (χ1n) is 10.9. The summed E-state index contributed by atoms with van der Waals surface area (Å²) in [7, 11) is 0. The van der Waals surface area contributed by atoms with E-state index in [4.69, 9.17) is 15.2 Å². The Labute approximate surface area is 182 Å². The number of carbonyl (C=O) groups excluding carboxylic acids is 1. The third-order valence-corrected chi connectivity index (χ3v) is 6.05. The van der Waals surface area contributed by atoms with E-state index in [2.05, 4.69) is 13.0 Å². The molecule has 4 rings (SSSR count). The summed E-state index contributed by atoms with van der Waals surface area (Å²) in [6.07, 6.45) is 5.41. The maximum absolute atomic E-state index is 14.5. The lowest BCUT2D eigenvalue weighted by Crippen LogP contribution is -2.48. The van der Waals surface area contributed by atoms with Crippen molar-refractivity contribution in [3.8, 4) is 11.5 Å². The van der Waals surface area contributed by atoms with Gasteiger partial charge in [-0.3, -0.25) is 4.79 Å². The molecule has 0 aromatic heterocycles. The maximum atomic E-state index is 14.5. The van der Waals surface area contributed by atoms with Gasteiger partial charge in [-0.05, 0) is 75.0 Å². The van der Waals surface area contributed by atoms with E-state index in [0.29, 0.717) is 31.1 Å². The lowest BCUT2D eigenvalue weighted by atomic mass is 9.87. The van der Waals surface area contributed by atoms with Crippen LogP contribution in [0.5, 0.6) is 11.5 Å². The molecule has 5 nitrogen and oxygen atoms in total. The van der Waals surface area contributed by atoms with Crippen molar-refractivity contribution in [1.29, 1.82) is 0 Å². The Morgan fingerprint density at radius 2 is 1.87 bits per heavy atom. The molecule has 2 heterocycles. The number of ether oxygens (including phenoxy) is 2. The number of rotatable bonds is 5. The van der Waals surface area contributed by atoms with Gasteiger partial charge in [0.15, 0.2) is 0 Å². The quantitative estimate of drug-likeness (QED) is 0.720. The Morgan fingerprint density at radius 3 is 2.55 bits per heavy atom. The van der Waals surface area contributed by atoms with Crippen LogP contribution < -0.4 is 10.5 Å². The molecule has 1 amide bonds. The van der Waals surface area contributed by atoms with Crippen molar-refractivity contribution < 1.29 is 18.7 Å². The van der Waals surface area contributed by atoms with Crippen molar-refractivity contribution in [2.45, 2.75) is 38.2 Å². The van der Waals surface area contributed by atoms with Crippen LogP contribution in [0.15, 0.2) is 54.1 Å². The molecule has 2 aliphatic rings. The molecule has 2 aliphatic heterocycles. The van der Waals surface area contributed by atoms with Gasteiger partial charge in [0, 0.05) is 13.1 Å². The van der Waals surface area contributed by atoms with Crippen LogP contribution in [0.3, 0.4) is 0 Å². The van der Waals surface area contributed by atoms with Crippen LogP contribution in [0.4, 0.5) is 4.39 Å². The minimum absolute atomic E-state index is 0.0319. The SMILES string of the molecule is CC1=CC2(CCN(C(=O)c3cc(Oc4ccc(CCN)cc4)ccc3F)CC2)OCC1. The van der Waals surface area contributed by atoms with Crippen LogP contribution in [0, 0.1) is 5.82 Å². The van der Waals surface area contributed by atoms with E-state index in [1.165, 1.54) is 23.8 Å². The number of carbonyl (C=O) groups is 1. The summed E-state index contributed by atoms with van der Waals surface area (Å²) < 4.78 is 26.4. The normalized spacial score (nSPS) is 18.0. The zero-order valence-corrected chi connectivity index (χ0v) is 17.9. The Bertz CT molecular complexity index is 963. The van der Waals surface area contributed by atoms with Crippen LogP contribution in [0.25, 0.3) is 0 Å². The van der Waals surface area contributed by atoms with E-state index in [1.807, 2.05) is 24.3 Å². The molecule has 0 saturated carbocycles. The van der Waals surface area contributed by atoms with Gasteiger partial charge in [-0.25, -0.2) is 4.39 Å². The molecule has 31 heavy (non-hydrogen) atoms. The molecule has 2 aromatic carbocycles. The maximum Gasteiger partial charge on any atom is 0.256 e. The lowest BCUT2D eigenvalue weighted by molar-refractivity contribution is -0.0522. The molecule has 6 heteroatoms. The van der Waals surface area contributed by atoms with Crippen molar-refractivity contribution in [3.63, 3.8) is 0 Å². The first-order chi connectivity index (χ1) is 15.0. The summed E-state index contributed by atoms with van der Waals surface area (Å²) in [5, 5.41) is 0. The second-order valence-corrected chi connectivity index (χ2v) is 8.37. The number of hydrogen-bond donors (Lipinski definition) is 1. The molecule has 0 unspecified atom stereocenters. The smallest absolute Gasteiger partial charge is 0.256 e. The van der Waals surface area contributed by atoms with E-state index in [0.717, 1.165) is 37.9 Å². The molecule has 2 N–H and O–H groups in total. The van der Waals surface area contributed by atoms with E-state index in [-0.39, 0.29) is 17.1 Å². The van der Waals surface area contributed by atoms with E-state index in [1.54, 1.807) is 4.90 Å². The topological polar surface area (TPSA) is 64.8 Å². The van der Waals surface area contributed by atoms with Crippen molar-refractivity contribution in [1.82, 2.24) is 4.90 Å². The molecule has 0 bridgehead atoms. The monoisotopic (exact) mass is 424 g/mol. The van der Waals surface area contributed by atoms with Gasteiger partial charge in [-0.1, -0.05) is 23.8 Å². The van der Waals surface area contributed by atoms with Crippen LogP contribution in [-0.2, 0) is 11.2 Å². The first kappa shape index (κ1) is 21.5. The summed E-state index contributed by atoms with van der Waals surface area (Å²) in [6.45, 7) is 4.50. The number of halogens is 1. The Kier molecular flexibility index (Phi) is 6.39. The van der Waals surface area contributed by atoms with Crippen LogP contribution in [0.2, 0.25) is 0 Å². The van der Waals surface area contributed by atoms with E-state index < -0.39 is 5.82 Å². The predicted octanol–water partition coefficient (Wildman–Crippen LogP) is 4.46. The third-order valence-electron chi connectivity index (χ3n) is 6.05. The Morgan fingerprint density at radius 1 is 1.16 bits per heavy atom. The van der Waals surface area contributed by atoms with Gasteiger partial charge in [0.05, 0.1) is 17.8 Å². The van der Waals surface area contributed by atoms with Crippen LogP contribution in [-0.4, -0.2) is 42.6 Å². The minimum Gasteiger partial charge on any atom is -0.457 e. The van der Waals surface area contributed by atoms with Crippen molar-refractivity contribution >= 4 is 5.91 Å². The number of likely N-dealkylation sites (tertiary alicyclic amines) is 1. The second-order valence-electron chi connectivity index (χ2n) is 8.37. The summed E-state index contributed by atoms with van der Waals surface area (Å²) in [5.41, 5.74) is 7.79. The predicted molar refractivity (Wildman–Crippen MR) is 118 cm³/mol. The average Bonchev–Trinajstić information content (AvgIpc) is 2.77. The summed E-state index contributed by atoms with van der Waals surface area (Å²) in [6, 6.07) is 11.9. The standard InChI is InChI=1S/C25H29FN2O3/c1-18-9-15-30-25(17-18)10-13-28(14-11-25)24(29)22-16-21(6-7-23(22)26)31-20-4-2-19(3-5-20)8-12-27/h2-7,16-17H,8-15,27H2,1H3. The summed E-state index contributed by atoms with van der Waals surface area (Å²) in [4.78, 5) is 14.7. The van der Waals surface area contributed by atoms with Gasteiger partial charge >= 0.3 is 0 Å². The van der Waals surface area contributed by atoms with E-state index >= 15 is 0 Å². The van der Waals surface area contributed by atoms with Crippen molar-refractivity contribution in [2.24, 2.45) is 5.73 Å². The molecular formula is C25H29FN2O3. The van der Waals surface area contributed by atoms with Crippen molar-refractivity contribution in [2.75, 3.05) is 26.2 Å². The molecule has 0 atom stereocenters. The van der Waals surface area contributed by atoms with Gasteiger partial charge < -0.3 is 20.1 Å². The number of hydrogen-bond acceptors (Lipinski definition) is 4. The fourth-order valence-electron chi connectivity index (χ4n) is 4.28. The van der Waals surface area contributed by atoms with Crippen LogP contribution in [0.1, 0.15) is 42.1 Å². The van der Waals surface area contributed by atoms with Gasteiger partial charge in [-0.2, -0.15) is 0 Å². The fourth-order valence-corrected chi connectivity index (χ4v) is 4.28. The highest BCUT2D eigenvalue weighted by Gasteiger charge is 2.37. The second kappa shape index (κ2) is 9.20. The van der Waals surface area contributed by atoms with Crippen LogP contribution >= 0.6 is 0 Å². The van der Waals surface area contributed by atoms with Gasteiger partial charge in [0.25, 0.3) is 5.91 Å². The largest absolute Gasteiger partial charge is 0.457 e. The highest BCUT2D eigenvalue weighted by molar-refractivity contribution is 5.95. The number of benzene rings is 2. The molecule has 1 spiro atoms. The molecule has 2 aromatic rings.